The average Bonchev–Trinajstić information content (AvgIpc) is 2.70. The summed E-state index contributed by atoms with van der Waals surface area (Å²) in [5.74, 6) is 1.21. The molecular formula is C19H31NO2. The van der Waals surface area contributed by atoms with Crippen molar-refractivity contribution in [3.8, 4) is 0 Å². The molecule has 0 spiro atoms. The van der Waals surface area contributed by atoms with E-state index in [2.05, 4.69) is 31.3 Å². The van der Waals surface area contributed by atoms with Gasteiger partial charge in [-0.2, -0.15) is 0 Å². The zero-order valence-corrected chi connectivity index (χ0v) is 14.7. The van der Waals surface area contributed by atoms with Gasteiger partial charge in [-0.3, -0.25) is 0 Å². The quantitative estimate of drug-likeness (QED) is 0.798. The molecule has 3 nitrogen and oxygen atoms in total. The minimum atomic E-state index is -0.428. The Morgan fingerprint density at radius 2 is 2.00 bits per heavy atom. The zero-order chi connectivity index (χ0) is 16.3. The van der Waals surface area contributed by atoms with E-state index in [-0.39, 0.29) is 12.1 Å². The number of nitrogens with one attached hydrogen (secondary N) is 1. The van der Waals surface area contributed by atoms with Crippen LogP contribution in [0.4, 0.5) is 4.79 Å². The summed E-state index contributed by atoms with van der Waals surface area (Å²) in [6, 6.07) is 0.251. The van der Waals surface area contributed by atoms with Crippen molar-refractivity contribution < 1.29 is 9.53 Å². The molecule has 0 bridgehead atoms. The molecule has 3 atom stereocenters. The van der Waals surface area contributed by atoms with E-state index in [0.717, 1.165) is 6.42 Å². The summed E-state index contributed by atoms with van der Waals surface area (Å²) in [6.45, 7) is 10.1. The highest BCUT2D eigenvalue weighted by atomic mass is 16.6. The van der Waals surface area contributed by atoms with Crippen molar-refractivity contribution >= 4 is 6.09 Å². The highest BCUT2D eigenvalue weighted by molar-refractivity contribution is 5.68. The Morgan fingerprint density at radius 3 is 2.59 bits per heavy atom. The second-order valence-electron chi connectivity index (χ2n) is 8.11. The van der Waals surface area contributed by atoms with Gasteiger partial charge in [0.2, 0.25) is 0 Å². The molecule has 0 aromatic rings. The number of carbonyl (C=O) groups excluding carboxylic acids is 1. The summed E-state index contributed by atoms with van der Waals surface area (Å²) in [7, 11) is 0. The lowest BCUT2D eigenvalue weighted by Crippen LogP contribution is -2.40. The van der Waals surface area contributed by atoms with Gasteiger partial charge in [-0.1, -0.05) is 30.2 Å². The molecule has 1 amide bonds. The molecule has 3 heteroatoms. The first-order valence-electron chi connectivity index (χ1n) is 8.57. The van der Waals surface area contributed by atoms with Crippen LogP contribution in [-0.4, -0.2) is 17.7 Å². The molecule has 22 heavy (non-hydrogen) atoms. The highest BCUT2D eigenvalue weighted by Gasteiger charge is 2.33. The fraction of sp³-hybridized carbons (Fsp3) is 0.737. The number of hydrogen-bond donors (Lipinski definition) is 1. The zero-order valence-electron chi connectivity index (χ0n) is 14.7. The molecular weight excluding hydrogens is 274 g/mol. The van der Waals surface area contributed by atoms with Gasteiger partial charge in [0, 0.05) is 6.04 Å². The number of amides is 1. The van der Waals surface area contributed by atoms with Gasteiger partial charge >= 0.3 is 6.09 Å². The molecule has 2 aliphatic rings. The first-order chi connectivity index (χ1) is 10.2. The number of hydrogen-bond acceptors (Lipinski definition) is 2. The molecule has 3 unspecified atom stereocenters. The second-order valence-corrected chi connectivity index (χ2v) is 8.11. The average molecular weight is 305 g/mol. The lowest BCUT2D eigenvalue weighted by atomic mass is 9.90. The van der Waals surface area contributed by atoms with Gasteiger partial charge in [0.05, 0.1) is 0 Å². The summed E-state index contributed by atoms with van der Waals surface area (Å²) in [6.07, 6.45) is 10.1. The monoisotopic (exact) mass is 305 g/mol. The smallest absolute Gasteiger partial charge is 0.407 e. The highest BCUT2D eigenvalue weighted by Crippen LogP contribution is 2.37. The van der Waals surface area contributed by atoms with Crippen molar-refractivity contribution in [2.45, 2.75) is 78.4 Å². The molecule has 0 heterocycles. The van der Waals surface area contributed by atoms with Crippen LogP contribution in [0, 0.1) is 11.8 Å². The van der Waals surface area contributed by atoms with Crippen LogP contribution >= 0.6 is 0 Å². The Hall–Kier alpha value is -1.25. The third-order valence-electron chi connectivity index (χ3n) is 4.68. The minimum absolute atomic E-state index is 0.251. The van der Waals surface area contributed by atoms with Gasteiger partial charge in [-0.05, 0) is 71.6 Å². The summed E-state index contributed by atoms with van der Waals surface area (Å²) in [5, 5.41) is 3.07. The minimum Gasteiger partial charge on any atom is -0.444 e. The van der Waals surface area contributed by atoms with E-state index in [1.807, 2.05) is 20.8 Å². The summed E-state index contributed by atoms with van der Waals surface area (Å²) in [4.78, 5) is 11.9. The predicted octanol–water partition coefficient (Wildman–Crippen LogP) is 4.98. The fourth-order valence-electron chi connectivity index (χ4n) is 3.53. The molecule has 1 N–H and O–H groups in total. The van der Waals surface area contributed by atoms with E-state index in [4.69, 9.17) is 4.74 Å². The van der Waals surface area contributed by atoms with Crippen molar-refractivity contribution in [3.63, 3.8) is 0 Å². The maximum absolute atomic E-state index is 11.9. The Balaban J connectivity index is 1.83. The van der Waals surface area contributed by atoms with Crippen molar-refractivity contribution in [3.05, 3.63) is 23.3 Å². The topological polar surface area (TPSA) is 38.3 Å². The van der Waals surface area contributed by atoms with Crippen LogP contribution in [0.5, 0.6) is 0 Å². The van der Waals surface area contributed by atoms with Crippen LogP contribution < -0.4 is 5.32 Å². The van der Waals surface area contributed by atoms with Gasteiger partial charge < -0.3 is 10.1 Å². The van der Waals surface area contributed by atoms with Crippen molar-refractivity contribution in [2.24, 2.45) is 11.8 Å². The maximum atomic E-state index is 11.9. The SMILES string of the molecule is CC1=CC=C(CC2CC(C)C(NC(=O)OC(C)(C)C)C2)CC1. The van der Waals surface area contributed by atoms with Gasteiger partial charge in [-0.25, -0.2) is 4.79 Å². The van der Waals surface area contributed by atoms with Gasteiger partial charge in [0.1, 0.15) is 5.60 Å². The number of ether oxygens (including phenoxy) is 1. The lowest BCUT2D eigenvalue weighted by molar-refractivity contribution is 0.0494. The van der Waals surface area contributed by atoms with Crippen LogP contribution in [-0.2, 0) is 4.74 Å². The van der Waals surface area contributed by atoms with Gasteiger partial charge in [-0.15, -0.1) is 0 Å². The first kappa shape index (κ1) is 17.1. The summed E-state index contributed by atoms with van der Waals surface area (Å²) < 4.78 is 5.38. The van der Waals surface area contributed by atoms with Crippen LogP contribution in [0.2, 0.25) is 0 Å². The Kier molecular flexibility index (Phi) is 5.36. The van der Waals surface area contributed by atoms with E-state index < -0.39 is 5.60 Å². The van der Waals surface area contributed by atoms with Gasteiger partial charge in [0.15, 0.2) is 0 Å². The number of rotatable bonds is 3. The molecule has 0 aromatic heterocycles. The van der Waals surface area contributed by atoms with E-state index >= 15 is 0 Å². The molecule has 1 saturated carbocycles. The molecule has 0 aromatic carbocycles. The van der Waals surface area contributed by atoms with Crippen LogP contribution in [0.25, 0.3) is 0 Å². The van der Waals surface area contributed by atoms with E-state index in [0.29, 0.717) is 11.8 Å². The third-order valence-corrected chi connectivity index (χ3v) is 4.68. The largest absolute Gasteiger partial charge is 0.444 e. The van der Waals surface area contributed by atoms with Crippen molar-refractivity contribution in [1.82, 2.24) is 5.32 Å². The molecule has 0 saturated heterocycles. The summed E-state index contributed by atoms with van der Waals surface area (Å²) in [5.41, 5.74) is 2.62. The number of carbonyl (C=O) groups is 1. The summed E-state index contributed by atoms with van der Waals surface area (Å²) >= 11 is 0. The fourth-order valence-corrected chi connectivity index (χ4v) is 3.53. The number of alkyl carbamates (subject to hydrolysis) is 1. The predicted molar refractivity (Wildman–Crippen MR) is 90.7 cm³/mol. The Bertz CT molecular complexity index is 470. The van der Waals surface area contributed by atoms with E-state index in [1.165, 1.54) is 31.3 Å². The van der Waals surface area contributed by atoms with E-state index in [1.54, 1.807) is 5.57 Å². The Labute approximate surface area is 135 Å². The van der Waals surface area contributed by atoms with Gasteiger partial charge in [0.25, 0.3) is 0 Å². The second kappa shape index (κ2) is 6.89. The van der Waals surface area contributed by atoms with E-state index in [9.17, 15) is 4.79 Å². The van der Waals surface area contributed by atoms with Crippen LogP contribution in [0.3, 0.4) is 0 Å². The van der Waals surface area contributed by atoms with Crippen LogP contribution in [0.1, 0.15) is 66.7 Å². The molecule has 124 valence electrons. The normalized spacial score (nSPS) is 28.9. The molecule has 1 fully saturated rings. The third kappa shape index (κ3) is 5.19. The van der Waals surface area contributed by atoms with Crippen molar-refractivity contribution in [2.75, 3.05) is 0 Å². The molecule has 2 aliphatic carbocycles. The van der Waals surface area contributed by atoms with Crippen molar-refractivity contribution in [1.29, 1.82) is 0 Å². The molecule has 2 rings (SSSR count). The lowest BCUT2D eigenvalue weighted by Gasteiger charge is -2.23. The molecule has 0 radical (unpaired) electrons. The van der Waals surface area contributed by atoms with Crippen LogP contribution in [0.15, 0.2) is 23.3 Å². The standard InChI is InChI=1S/C19H31NO2/c1-13-6-8-15(9-7-13)11-16-10-14(2)17(12-16)20-18(21)22-19(3,4)5/h6,8,14,16-17H,7,9-12H2,1-5H3,(H,20,21). The first-order valence-corrected chi connectivity index (χ1v) is 8.57. The maximum Gasteiger partial charge on any atom is 0.407 e. The number of allylic oxidation sites excluding steroid dienone is 4. The molecule has 0 aliphatic heterocycles. The Morgan fingerprint density at radius 1 is 1.27 bits per heavy atom.